The number of carbonyl (C=O) groups excluding carboxylic acids is 2. The zero-order chi connectivity index (χ0) is 28.3. The van der Waals surface area contributed by atoms with Crippen molar-refractivity contribution in [3.8, 4) is 0 Å². The molecule has 0 aromatic carbocycles. The van der Waals surface area contributed by atoms with Crippen LogP contribution < -0.4 is 0 Å². The number of ketones is 1. The van der Waals surface area contributed by atoms with Crippen LogP contribution in [0.1, 0.15) is 93.4 Å². The lowest BCUT2D eigenvalue weighted by Crippen LogP contribution is -2.48. The van der Waals surface area contributed by atoms with Crippen molar-refractivity contribution in [2.75, 3.05) is 6.61 Å². The van der Waals surface area contributed by atoms with Gasteiger partial charge in [-0.2, -0.15) is 0 Å². The lowest BCUT2D eigenvalue weighted by atomic mass is 9.66. The topological polar surface area (TPSA) is 61.8 Å². The Labute approximate surface area is 232 Å². The van der Waals surface area contributed by atoms with Gasteiger partial charge in [-0.1, -0.05) is 66.7 Å². The van der Waals surface area contributed by atoms with Crippen molar-refractivity contribution >= 4 is 20.1 Å². The van der Waals surface area contributed by atoms with Crippen LogP contribution in [0.2, 0.25) is 18.1 Å². The Morgan fingerprint density at radius 3 is 2.37 bits per heavy atom. The van der Waals surface area contributed by atoms with Crippen LogP contribution in [0.5, 0.6) is 0 Å². The normalized spacial score (nSPS) is 28.2. The lowest BCUT2D eigenvalue weighted by molar-refractivity contribution is -0.167. The van der Waals surface area contributed by atoms with Crippen LogP contribution >= 0.6 is 0 Å². The van der Waals surface area contributed by atoms with E-state index < -0.39 is 19.8 Å². The van der Waals surface area contributed by atoms with Gasteiger partial charge in [-0.15, -0.1) is 0 Å². The van der Waals surface area contributed by atoms with Gasteiger partial charge >= 0.3 is 5.97 Å². The van der Waals surface area contributed by atoms with Gasteiger partial charge in [0.15, 0.2) is 14.1 Å². The molecule has 214 valence electrons. The van der Waals surface area contributed by atoms with Crippen molar-refractivity contribution in [1.82, 2.24) is 0 Å². The standard InChI is InChI=1S/C32H52O5Si/c1-10-32(11-2,12-3)30(34)36-27-15-13-14-23-17-16-22(4)25(29(23)27)19-18-24-20-26(33)28(21-35-24)37-38(8,9)31(5,6)7/h14,16-17,20,22,25,27-29H,10-13,15,18-19,21H2,1-9H3/t22-,25-,27-,28?,29-/m0/s1. The van der Waals surface area contributed by atoms with Crippen molar-refractivity contribution < 1.29 is 23.5 Å². The van der Waals surface area contributed by atoms with E-state index in [-0.39, 0.29) is 28.8 Å². The molecule has 0 aromatic rings. The fourth-order valence-electron chi connectivity index (χ4n) is 6.04. The zero-order valence-corrected chi connectivity index (χ0v) is 26.4. The summed E-state index contributed by atoms with van der Waals surface area (Å²) in [7, 11) is -2.06. The number of esters is 1. The van der Waals surface area contributed by atoms with Gasteiger partial charge in [-0.3, -0.25) is 9.59 Å². The predicted octanol–water partition coefficient (Wildman–Crippen LogP) is 7.93. The van der Waals surface area contributed by atoms with Crippen LogP contribution in [0.3, 0.4) is 0 Å². The Morgan fingerprint density at radius 1 is 1.13 bits per heavy atom. The molecule has 0 spiro atoms. The van der Waals surface area contributed by atoms with Gasteiger partial charge in [0.1, 0.15) is 18.8 Å². The van der Waals surface area contributed by atoms with Gasteiger partial charge in [-0.05, 0) is 74.1 Å². The quantitative estimate of drug-likeness (QED) is 0.206. The maximum atomic E-state index is 13.4. The number of allylic oxidation sites excluding steroid dienone is 4. The van der Waals surface area contributed by atoms with E-state index >= 15 is 0 Å². The molecular weight excluding hydrogens is 492 g/mol. The molecule has 6 heteroatoms. The van der Waals surface area contributed by atoms with E-state index in [9.17, 15) is 9.59 Å². The van der Waals surface area contributed by atoms with E-state index in [1.807, 2.05) is 0 Å². The first-order valence-electron chi connectivity index (χ1n) is 14.9. The van der Waals surface area contributed by atoms with E-state index in [1.54, 1.807) is 6.08 Å². The summed E-state index contributed by atoms with van der Waals surface area (Å²) in [5.74, 6) is 1.61. The molecule has 0 aromatic heterocycles. The molecule has 38 heavy (non-hydrogen) atoms. The molecule has 3 aliphatic rings. The summed E-state index contributed by atoms with van der Waals surface area (Å²) in [6.45, 7) is 19.7. The fourth-order valence-corrected chi connectivity index (χ4v) is 7.28. The summed E-state index contributed by atoms with van der Waals surface area (Å²) in [4.78, 5) is 26.4. The highest BCUT2D eigenvalue weighted by Gasteiger charge is 2.44. The molecule has 0 amide bonds. The number of hydrogen-bond acceptors (Lipinski definition) is 5. The first-order valence-corrected chi connectivity index (χ1v) is 17.8. The Hall–Kier alpha value is -1.66. The highest BCUT2D eigenvalue weighted by atomic mass is 28.4. The van der Waals surface area contributed by atoms with Gasteiger partial charge in [0.25, 0.3) is 0 Å². The summed E-state index contributed by atoms with van der Waals surface area (Å²) in [6, 6.07) is 0. The van der Waals surface area contributed by atoms with Crippen LogP contribution in [-0.4, -0.2) is 38.9 Å². The molecule has 5 atom stereocenters. The lowest BCUT2D eigenvalue weighted by Gasteiger charge is -2.43. The molecule has 3 rings (SSSR count). The van der Waals surface area contributed by atoms with Crippen molar-refractivity contribution in [3.63, 3.8) is 0 Å². The Bertz CT molecular complexity index is 941. The van der Waals surface area contributed by atoms with Gasteiger partial charge in [0.05, 0.1) is 11.2 Å². The third-order valence-corrected chi connectivity index (χ3v) is 14.6. The third kappa shape index (κ3) is 6.55. The number of hydrogen-bond donors (Lipinski definition) is 0. The van der Waals surface area contributed by atoms with Crippen molar-refractivity contribution in [2.45, 2.75) is 124 Å². The van der Waals surface area contributed by atoms with Crippen LogP contribution in [-0.2, 0) is 23.5 Å². The summed E-state index contributed by atoms with van der Waals surface area (Å²) in [6.07, 6.45) is 13.7. The fraction of sp³-hybridized carbons (Fsp3) is 0.750. The first kappa shape index (κ1) is 30.9. The largest absolute Gasteiger partial charge is 0.495 e. The van der Waals surface area contributed by atoms with Gasteiger partial charge in [0.2, 0.25) is 0 Å². The predicted molar refractivity (Wildman–Crippen MR) is 156 cm³/mol. The highest BCUT2D eigenvalue weighted by Crippen LogP contribution is 2.45. The van der Waals surface area contributed by atoms with Crippen molar-refractivity contribution in [2.24, 2.45) is 23.2 Å². The van der Waals surface area contributed by atoms with Gasteiger partial charge < -0.3 is 13.9 Å². The Morgan fingerprint density at radius 2 is 1.79 bits per heavy atom. The van der Waals surface area contributed by atoms with Crippen LogP contribution in [0.4, 0.5) is 0 Å². The summed E-state index contributed by atoms with van der Waals surface area (Å²) >= 11 is 0. The summed E-state index contributed by atoms with van der Waals surface area (Å²) < 4.78 is 18.8. The zero-order valence-electron chi connectivity index (χ0n) is 25.4. The molecule has 0 saturated carbocycles. The molecule has 5 nitrogen and oxygen atoms in total. The van der Waals surface area contributed by atoms with E-state index in [4.69, 9.17) is 13.9 Å². The second-order valence-electron chi connectivity index (χ2n) is 13.2. The van der Waals surface area contributed by atoms with Crippen LogP contribution in [0, 0.1) is 23.2 Å². The molecule has 0 fully saturated rings. The van der Waals surface area contributed by atoms with Gasteiger partial charge in [0, 0.05) is 18.4 Å². The Kier molecular flexibility index (Phi) is 9.95. The SMILES string of the molecule is CCC(CC)(CC)C(=O)O[C@H]1CCC=C2C=C[C@H](C)[C@H](CCC3=CC(=O)C(O[Si](C)(C)C(C)(C)C)CO3)[C@H]21. The Balaban J connectivity index is 1.71. The second-order valence-corrected chi connectivity index (χ2v) is 18.0. The average molecular weight is 545 g/mol. The van der Waals surface area contributed by atoms with Crippen LogP contribution in [0.25, 0.3) is 0 Å². The van der Waals surface area contributed by atoms with E-state index in [0.29, 0.717) is 24.9 Å². The van der Waals surface area contributed by atoms with E-state index in [0.717, 1.165) is 44.3 Å². The van der Waals surface area contributed by atoms with E-state index in [2.05, 4.69) is 79.8 Å². The average Bonchev–Trinajstić information content (AvgIpc) is 2.86. The summed E-state index contributed by atoms with van der Waals surface area (Å²) in [5.41, 5.74) is 0.904. The summed E-state index contributed by atoms with van der Waals surface area (Å²) in [5, 5.41) is 0.0399. The molecule has 2 aliphatic carbocycles. The molecule has 0 saturated heterocycles. The minimum absolute atomic E-state index is 0.0211. The second kappa shape index (κ2) is 12.2. The highest BCUT2D eigenvalue weighted by molar-refractivity contribution is 6.74. The van der Waals surface area contributed by atoms with Gasteiger partial charge in [-0.25, -0.2) is 0 Å². The molecule has 0 bridgehead atoms. The monoisotopic (exact) mass is 544 g/mol. The van der Waals surface area contributed by atoms with Crippen molar-refractivity contribution in [1.29, 1.82) is 0 Å². The molecule has 1 aliphatic heterocycles. The molecule has 0 radical (unpaired) electrons. The third-order valence-electron chi connectivity index (χ3n) is 10.1. The number of ether oxygens (including phenoxy) is 2. The molecular formula is C32H52O5Si. The first-order chi connectivity index (χ1) is 17.8. The maximum absolute atomic E-state index is 13.4. The minimum Gasteiger partial charge on any atom is -0.495 e. The smallest absolute Gasteiger partial charge is 0.312 e. The number of carbonyl (C=O) groups is 2. The minimum atomic E-state index is -2.06. The van der Waals surface area contributed by atoms with E-state index in [1.165, 1.54) is 5.57 Å². The molecule has 1 unspecified atom stereocenters. The molecule has 0 N–H and O–H groups in total. The number of rotatable bonds is 10. The maximum Gasteiger partial charge on any atom is 0.312 e. The van der Waals surface area contributed by atoms with Crippen molar-refractivity contribution in [3.05, 3.63) is 35.6 Å². The van der Waals surface area contributed by atoms with Crippen LogP contribution in [0.15, 0.2) is 35.6 Å². The molecule has 1 heterocycles. The number of fused-ring (bicyclic) bond motifs is 1.